The fourth-order valence-electron chi connectivity index (χ4n) is 8.06. The highest BCUT2D eigenvalue weighted by Gasteiger charge is 2.38. The van der Waals surface area contributed by atoms with Crippen LogP contribution >= 0.6 is 0 Å². The number of para-hydroxylation sites is 2. The standard InChI is InChI=1S/C42H36N2/c1-41(2)21-22-42(3,4)35-26-40-31(23-34(35)41)33-25-38-32(30-18-10-11-19-37(30)43(38)28-15-6-5-7-16-28)24-39(33)44(40)36-20-12-14-27-13-8-9-17-29(27)36/h5-20,23-26H,21-22H2,1-4H3. The first-order chi connectivity index (χ1) is 21.3. The fourth-order valence-corrected chi connectivity index (χ4v) is 8.06. The summed E-state index contributed by atoms with van der Waals surface area (Å²) in [5.74, 6) is 0. The van der Waals surface area contributed by atoms with Gasteiger partial charge in [-0.2, -0.15) is 0 Å². The summed E-state index contributed by atoms with van der Waals surface area (Å²) in [6.45, 7) is 9.73. The molecular weight excluding hydrogens is 532 g/mol. The van der Waals surface area contributed by atoms with E-state index in [9.17, 15) is 0 Å². The van der Waals surface area contributed by atoms with Gasteiger partial charge >= 0.3 is 0 Å². The zero-order chi connectivity index (χ0) is 29.8. The topological polar surface area (TPSA) is 9.86 Å². The highest BCUT2D eigenvalue weighted by Crippen LogP contribution is 2.49. The Bertz CT molecular complexity index is 2430. The lowest BCUT2D eigenvalue weighted by Crippen LogP contribution is -2.33. The summed E-state index contributed by atoms with van der Waals surface area (Å²) >= 11 is 0. The zero-order valence-corrected chi connectivity index (χ0v) is 25.9. The Kier molecular flexibility index (Phi) is 5.17. The first-order valence-electron chi connectivity index (χ1n) is 15.9. The van der Waals surface area contributed by atoms with Gasteiger partial charge in [-0.1, -0.05) is 100 Å². The van der Waals surface area contributed by atoms with Gasteiger partial charge in [0.1, 0.15) is 0 Å². The summed E-state index contributed by atoms with van der Waals surface area (Å²) in [7, 11) is 0. The minimum atomic E-state index is 0.129. The highest BCUT2D eigenvalue weighted by atomic mass is 15.0. The van der Waals surface area contributed by atoms with E-state index in [0.717, 1.165) is 0 Å². The molecule has 2 aromatic heterocycles. The second-order valence-electron chi connectivity index (χ2n) is 14.1. The van der Waals surface area contributed by atoms with Crippen molar-refractivity contribution in [3.8, 4) is 11.4 Å². The van der Waals surface area contributed by atoms with E-state index in [4.69, 9.17) is 0 Å². The second kappa shape index (κ2) is 8.86. The van der Waals surface area contributed by atoms with Crippen LogP contribution in [0.1, 0.15) is 51.7 Å². The minimum Gasteiger partial charge on any atom is -0.309 e. The summed E-state index contributed by atoms with van der Waals surface area (Å²) in [6, 6.07) is 45.2. The van der Waals surface area contributed by atoms with Crippen LogP contribution in [0.3, 0.4) is 0 Å². The van der Waals surface area contributed by atoms with Crippen LogP contribution in [0.25, 0.3) is 65.8 Å². The molecule has 0 atom stereocenters. The number of aromatic nitrogens is 2. The number of hydrogen-bond donors (Lipinski definition) is 0. The number of rotatable bonds is 2. The number of fused-ring (bicyclic) bond motifs is 8. The van der Waals surface area contributed by atoms with E-state index in [1.807, 2.05) is 0 Å². The van der Waals surface area contributed by atoms with Crippen molar-refractivity contribution in [1.82, 2.24) is 9.13 Å². The molecule has 6 aromatic carbocycles. The van der Waals surface area contributed by atoms with E-state index >= 15 is 0 Å². The molecule has 1 aliphatic carbocycles. The fraction of sp³-hybridized carbons (Fsp3) is 0.190. The summed E-state index contributed by atoms with van der Waals surface area (Å²) in [6.07, 6.45) is 2.40. The minimum absolute atomic E-state index is 0.129. The lowest BCUT2D eigenvalue weighted by atomic mass is 9.63. The molecule has 0 radical (unpaired) electrons. The first-order valence-corrected chi connectivity index (χ1v) is 15.9. The number of nitrogens with zero attached hydrogens (tertiary/aromatic N) is 2. The maximum Gasteiger partial charge on any atom is 0.0549 e. The molecule has 0 spiro atoms. The molecule has 9 rings (SSSR count). The van der Waals surface area contributed by atoms with Gasteiger partial charge in [-0.25, -0.2) is 0 Å². The molecule has 2 heterocycles. The zero-order valence-electron chi connectivity index (χ0n) is 25.9. The lowest BCUT2D eigenvalue weighted by Gasteiger charge is -2.42. The predicted molar refractivity (Wildman–Crippen MR) is 188 cm³/mol. The van der Waals surface area contributed by atoms with Gasteiger partial charge in [0.2, 0.25) is 0 Å². The van der Waals surface area contributed by atoms with Crippen LogP contribution in [0, 0.1) is 0 Å². The Hall–Kier alpha value is -4.82. The smallest absolute Gasteiger partial charge is 0.0549 e. The Morgan fingerprint density at radius 3 is 1.75 bits per heavy atom. The third kappa shape index (κ3) is 3.48. The normalized spacial score (nSPS) is 15.9. The van der Waals surface area contributed by atoms with Crippen molar-refractivity contribution in [3.05, 3.63) is 132 Å². The van der Waals surface area contributed by atoms with Gasteiger partial charge in [-0.05, 0) is 88.7 Å². The molecule has 0 fully saturated rings. The average molecular weight is 569 g/mol. The summed E-state index contributed by atoms with van der Waals surface area (Å²) in [5, 5.41) is 7.75. The molecule has 2 heteroatoms. The summed E-state index contributed by atoms with van der Waals surface area (Å²) in [5.41, 5.74) is 10.7. The van der Waals surface area contributed by atoms with E-state index in [2.05, 4.69) is 158 Å². The third-order valence-corrected chi connectivity index (χ3v) is 10.6. The van der Waals surface area contributed by atoms with Crippen LogP contribution in [0.2, 0.25) is 0 Å². The van der Waals surface area contributed by atoms with Crippen molar-refractivity contribution < 1.29 is 0 Å². The van der Waals surface area contributed by atoms with Gasteiger partial charge in [0, 0.05) is 32.6 Å². The molecule has 44 heavy (non-hydrogen) atoms. The highest BCUT2D eigenvalue weighted by molar-refractivity contribution is 6.19. The molecule has 0 saturated carbocycles. The monoisotopic (exact) mass is 568 g/mol. The van der Waals surface area contributed by atoms with E-state index in [0.29, 0.717) is 0 Å². The van der Waals surface area contributed by atoms with Gasteiger partial charge in [0.25, 0.3) is 0 Å². The average Bonchev–Trinajstić information content (AvgIpc) is 3.53. The molecule has 0 saturated heterocycles. The Morgan fingerprint density at radius 1 is 0.432 bits per heavy atom. The van der Waals surface area contributed by atoms with Gasteiger partial charge in [-0.15, -0.1) is 0 Å². The molecule has 214 valence electrons. The Labute approximate surface area is 258 Å². The van der Waals surface area contributed by atoms with Crippen LogP contribution in [0.15, 0.2) is 121 Å². The predicted octanol–water partition coefficient (Wildman–Crippen LogP) is 11.4. The van der Waals surface area contributed by atoms with Gasteiger partial charge in [-0.3, -0.25) is 0 Å². The van der Waals surface area contributed by atoms with E-state index < -0.39 is 0 Å². The van der Waals surface area contributed by atoms with Gasteiger partial charge < -0.3 is 9.13 Å². The van der Waals surface area contributed by atoms with Crippen LogP contribution in [-0.4, -0.2) is 9.13 Å². The van der Waals surface area contributed by atoms with Crippen molar-refractivity contribution in [2.75, 3.05) is 0 Å². The number of benzene rings is 6. The van der Waals surface area contributed by atoms with Crippen LogP contribution in [0.5, 0.6) is 0 Å². The van der Waals surface area contributed by atoms with Crippen molar-refractivity contribution in [1.29, 1.82) is 0 Å². The van der Waals surface area contributed by atoms with Gasteiger partial charge in [0.15, 0.2) is 0 Å². The van der Waals surface area contributed by atoms with Crippen molar-refractivity contribution >= 4 is 54.4 Å². The lowest BCUT2D eigenvalue weighted by molar-refractivity contribution is 0.332. The molecule has 0 bridgehead atoms. The largest absolute Gasteiger partial charge is 0.309 e. The van der Waals surface area contributed by atoms with Crippen LogP contribution < -0.4 is 0 Å². The van der Waals surface area contributed by atoms with Crippen molar-refractivity contribution in [3.63, 3.8) is 0 Å². The van der Waals surface area contributed by atoms with Crippen LogP contribution in [-0.2, 0) is 10.8 Å². The molecule has 0 aliphatic heterocycles. The molecule has 0 unspecified atom stereocenters. The SMILES string of the molecule is CC1(C)CCC(C)(C)c2cc3c(cc21)c1cc2c(cc1n3-c1cccc3ccccc13)c1ccccc1n2-c1ccccc1. The Morgan fingerprint density at radius 2 is 0.977 bits per heavy atom. The van der Waals surface area contributed by atoms with Crippen LogP contribution in [0.4, 0.5) is 0 Å². The summed E-state index contributed by atoms with van der Waals surface area (Å²) < 4.78 is 5.00. The van der Waals surface area contributed by atoms with Crippen molar-refractivity contribution in [2.24, 2.45) is 0 Å². The molecular formula is C42H36N2. The second-order valence-corrected chi connectivity index (χ2v) is 14.1. The quantitative estimate of drug-likeness (QED) is 0.196. The molecule has 0 amide bonds. The van der Waals surface area contributed by atoms with E-state index in [1.165, 1.54) is 89.7 Å². The van der Waals surface area contributed by atoms with Crippen molar-refractivity contribution in [2.45, 2.75) is 51.4 Å². The molecule has 0 N–H and O–H groups in total. The van der Waals surface area contributed by atoms with E-state index in [1.54, 1.807) is 0 Å². The maximum atomic E-state index is 2.55. The first kappa shape index (κ1) is 25.7. The third-order valence-electron chi connectivity index (χ3n) is 10.6. The van der Waals surface area contributed by atoms with E-state index in [-0.39, 0.29) is 10.8 Å². The number of hydrogen-bond acceptors (Lipinski definition) is 0. The van der Waals surface area contributed by atoms with Gasteiger partial charge in [0.05, 0.1) is 27.8 Å². The summed E-state index contributed by atoms with van der Waals surface area (Å²) in [4.78, 5) is 0. The Balaban J connectivity index is 1.51. The molecule has 8 aromatic rings. The molecule has 2 nitrogen and oxygen atoms in total. The maximum absolute atomic E-state index is 2.55. The molecule has 1 aliphatic rings.